The third kappa shape index (κ3) is 4.74. The van der Waals surface area contributed by atoms with Crippen molar-refractivity contribution in [2.24, 2.45) is 11.8 Å². The van der Waals surface area contributed by atoms with Crippen molar-refractivity contribution in [1.82, 2.24) is 14.7 Å². The molecule has 1 N–H and O–H groups in total. The second-order valence-electron chi connectivity index (χ2n) is 10.4. The number of carbonyl (C=O) groups is 3. The Labute approximate surface area is 224 Å². The van der Waals surface area contributed by atoms with Gasteiger partial charge in [0.15, 0.2) is 0 Å². The lowest BCUT2D eigenvalue weighted by Gasteiger charge is -2.39. The molecule has 0 aromatic heterocycles. The van der Waals surface area contributed by atoms with Crippen LogP contribution in [0.1, 0.15) is 38.7 Å². The standard InChI is InChI=1S/C29H39N3O4S/c1-5-15-30(16-6-2)26(34)23-22-13-14-29(37-22)24(23)27(35)32(20(4)19-33)25(29)28(36)31(17-7-3)18-21-11-9-8-10-12-21/h5,7-12,20,22-25,33H,1,3,6,13-19H2,2,4H3/t20-,22-,23+,24+,25?,29?/m1/s1. The van der Waals surface area contributed by atoms with Crippen LogP contribution in [-0.4, -0.2) is 85.8 Å². The number of carbonyl (C=O) groups excluding carboxylic acids is 3. The van der Waals surface area contributed by atoms with Crippen LogP contribution in [0.25, 0.3) is 0 Å². The molecule has 7 nitrogen and oxygen atoms in total. The van der Waals surface area contributed by atoms with Gasteiger partial charge in [0.2, 0.25) is 17.7 Å². The number of amides is 3. The number of rotatable bonds is 12. The van der Waals surface area contributed by atoms with E-state index >= 15 is 0 Å². The van der Waals surface area contributed by atoms with Crippen LogP contribution >= 0.6 is 11.8 Å². The second kappa shape index (κ2) is 11.4. The van der Waals surface area contributed by atoms with E-state index in [0.29, 0.717) is 32.6 Å². The lowest BCUT2D eigenvalue weighted by atomic mass is 9.70. The van der Waals surface area contributed by atoms with E-state index in [0.717, 1.165) is 18.4 Å². The van der Waals surface area contributed by atoms with Crippen LogP contribution in [0.4, 0.5) is 0 Å². The molecule has 3 heterocycles. The summed E-state index contributed by atoms with van der Waals surface area (Å²) < 4.78 is -0.676. The largest absolute Gasteiger partial charge is 0.394 e. The zero-order chi connectivity index (χ0) is 26.7. The number of fused-ring (bicyclic) bond motifs is 1. The van der Waals surface area contributed by atoms with Gasteiger partial charge in [0, 0.05) is 31.4 Å². The minimum absolute atomic E-state index is 0.00878. The summed E-state index contributed by atoms with van der Waals surface area (Å²) >= 11 is 1.66. The summed E-state index contributed by atoms with van der Waals surface area (Å²) in [5, 5.41) is 10.1. The maximum absolute atomic E-state index is 14.3. The highest BCUT2D eigenvalue weighted by Crippen LogP contribution is 2.67. The fourth-order valence-electron chi connectivity index (χ4n) is 6.51. The van der Waals surface area contributed by atoms with E-state index in [1.165, 1.54) is 0 Å². The topological polar surface area (TPSA) is 81.2 Å². The molecule has 0 radical (unpaired) electrons. The molecule has 8 heteroatoms. The van der Waals surface area contributed by atoms with Gasteiger partial charge < -0.3 is 19.8 Å². The molecule has 2 bridgehead atoms. The van der Waals surface area contributed by atoms with Crippen LogP contribution in [-0.2, 0) is 20.9 Å². The first kappa shape index (κ1) is 27.5. The van der Waals surface area contributed by atoms with Gasteiger partial charge >= 0.3 is 0 Å². The smallest absolute Gasteiger partial charge is 0.247 e. The predicted octanol–water partition coefficient (Wildman–Crippen LogP) is 3.10. The highest BCUT2D eigenvalue weighted by atomic mass is 32.2. The summed E-state index contributed by atoms with van der Waals surface area (Å²) in [4.78, 5) is 47.4. The molecule has 37 heavy (non-hydrogen) atoms. The summed E-state index contributed by atoms with van der Waals surface area (Å²) in [5.74, 6) is -1.38. The Morgan fingerprint density at radius 3 is 2.49 bits per heavy atom. The average molecular weight is 526 g/mol. The van der Waals surface area contributed by atoms with Crippen molar-refractivity contribution in [3.05, 3.63) is 61.2 Å². The van der Waals surface area contributed by atoms with E-state index in [9.17, 15) is 19.5 Å². The monoisotopic (exact) mass is 525 g/mol. The first-order chi connectivity index (χ1) is 17.8. The zero-order valence-corrected chi connectivity index (χ0v) is 22.7. The van der Waals surface area contributed by atoms with E-state index in [2.05, 4.69) is 13.2 Å². The molecule has 3 aliphatic rings. The molecule has 6 atom stereocenters. The third-order valence-corrected chi connectivity index (χ3v) is 9.98. The van der Waals surface area contributed by atoms with E-state index in [-0.39, 0.29) is 29.6 Å². The fourth-order valence-corrected chi connectivity index (χ4v) is 8.70. The number of aliphatic hydroxyl groups is 1. The number of hydrogen-bond acceptors (Lipinski definition) is 5. The molecule has 200 valence electrons. The van der Waals surface area contributed by atoms with Crippen molar-refractivity contribution in [3.63, 3.8) is 0 Å². The van der Waals surface area contributed by atoms with Crippen LogP contribution in [0.2, 0.25) is 0 Å². The Morgan fingerprint density at radius 2 is 1.86 bits per heavy atom. The zero-order valence-electron chi connectivity index (χ0n) is 21.9. The normalized spacial score (nSPS) is 28.6. The molecule has 3 saturated heterocycles. The minimum Gasteiger partial charge on any atom is -0.394 e. The van der Waals surface area contributed by atoms with Crippen molar-refractivity contribution in [1.29, 1.82) is 0 Å². The summed E-state index contributed by atoms with van der Waals surface area (Å²) in [6.45, 7) is 13.0. The van der Waals surface area contributed by atoms with Crippen LogP contribution in [0, 0.1) is 11.8 Å². The van der Waals surface area contributed by atoms with Crippen LogP contribution in [0.15, 0.2) is 55.6 Å². The summed E-state index contributed by atoms with van der Waals surface area (Å²) in [6.07, 6.45) is 5.75. The second-order valence-corrected chi connectivity index (χ2v) is 12.0. The first-order valence-electron chi connectivity index (χ1n) is 13.3. The van der Waals surface area contributed by atoms with Crippen LogP contribution in [0.5, 0.6) is 0 Å². The van der Waals surface area contributed by atoms with E-state index < -0.39 is 28.7 Å². The Morgan fingerprint density at radius 1 is 1.19 bits per heavy atom. The molecule has 0 saturated carbocycles. The van der Waals surface area contributed by atoms with Gasteiger partial charge in [-0.3, -0.25) is 14.4 Å². The van der Waals surface area contributed by atoms with Gasteiger partial charge in [0.1, 0.15) is 6.04 Å². The quantitative estimate of drug-likeness (QED) is 0.424. The molecule has 1 aromatic carbocycles. The molecule has 3 aliphatic heterocycles. The molecule has 1 spiro atoms. The molecule has 0 aliphatic carbocycles. The lowest BCUT2D eigenvalue weighted by molar-refractivity contribution is -0.146. The molecular weight excluding hydrogens is 486 g/mol. The predicted molar refractivity (Wildman–Crippen MR) is 147 cm³/mol. The van der Waals surface area contributed by atoms with Gasteiger partial charge in [-0.2, -0.15) is 0 Å². The average Bonchev–Trinajstić information content (AvgIpc) is 3.55. The van der Waals surface area contributed by atoms with Gasteiger partial charge in [0.25, 0.3) is 0 Å². The number of hydrogen-bond donors (Lipinski definition) is 1. The van der Waals surface area contributed by atoms with Gasteiger partial charge in [0.05, 0.1) is 29.2 Å². The van der Waals surface area contributed by atoms with Crippen LogP contribution < -0.4 is 0 Å². The molecule has 3 fully saturated rings. The molecule has 2 unspecified atom stereocenters. The van der Waals surface area contributed by atoms with Crippen molar-refractivity contribution in [2.45, 2.75) is 61.7 Å². The maximum Gasteiger partial charge on any atom is 0.247 e. The highest BCUT2D eigenvalue weighted by molar-refractivity contribution is 8.02. The van der Waals surface area contributed by atoms with Crippen molar-refractivity contribution in [2.75, 3.05) is 26.2 Å². The van der Waals surface area contributed by atoms with E-state index in [4.69, 9.17) is 0 Å². The number of aliphatic hydroxyl groups excluding tert-OH is 1. The highest BCUT2D eigenvalue weighted by Gasteiger charge is 2.74. The third-order valence-electron chi connectivity index (χ3n) is 8.03. The van der Waals surface area contributed by atoms with Gasteiger partial charge in [-0.1, -0.05) is 49.4 Å². The molecule has 4 rings (SSSR count). The van der Waals surface area contributed by atoms with Gasteiger partial charge in [-0.15, -0.1) is 24.9 Å². The fraction of sp³-hybridized carbons (Fsp3) is 0.552. The number of likely N-dealkylation sites (tertiary alicyclic amines) is 1. The number of thioether (sulfide) groups is 1. The van der Waals surface area contributed by atoms with E-state index in [1.807, 2.05) is 37.3 Å². The van der Waals surface area contributed by atoms with Crippen molar-refractivity contribution >= 4 is 29.5 Å². The van der Waals surface area contributed by atoms with Gasteiger partial charge in [-0.05, 0) is 31.7 Å². The SMILES string of the molecule is C=CCN(Cc1ccccc1)C(=O)C1N([C@H](C)CO)C(=O)[C@@H]2[C@@H](C(=O)N(CC=C)CCC)[C@H]3CCC12S3. The maximum atomic E-state index is 14.3. The summed E-state index contributed by atoms with van der Waals surface area (Å²) in [5.41, 5.74) is 0.994. The summed E-state index contributed by atoms with van der Waals surface area (Å²) in [7, 11) is 0. The molecule has 3 amide bonds. The van der Waals surface area contributed by atoms with E-state index in [1.54, 1.807) is 45.5 Å². The van der Waals surface area contributed by atoms with Gasteiger partial charge in [-0.25, -0.2) is 0 Å². The van der Waals surface area contributed by atoms with Crippen molar-refractivity contribution in [3.8, 4) is 0 Å². The molecule has 1 aromatic rings. The van der Waals surface area contributed by atoms with Crippen molar-refractivity contribution < 1.29 is 19.5 Å². The number of nitrogens with zero attached hydrogens (tertiary/aromatic N) is 3. The first-order valence-corrected chi connectivity index (χ1v) is 14.2. The Hall–Kier alpha value is -2.58. The number of benzene rings is 1. The Kier molecular flexibility index (Phi) is 8.49. The lowest BCUT2D eigenvalue weighted by Crippen LogP contribution is -2.56. The molecular formula is C29H39N3O4S. The Balaban J connectivity index is 1.73. The summed E-state index contributed by atoms with van der Waals surface area (Å²) in [6, 6.07) is 8.51. The minimum atomic E-state index is -0.734. The van der Waals surface area contributed by atoms with Crippen LogP contribution in [0.3, 0.4) is 0 Å². The Bertz CT molecular complexity index is 1030.